The Kier molecular flexibility index (Phi) is 5.98. The summed E-state index contributed by atoms with van der Waals surface area (Å²) >= 11 is 1.78. The molecule has 0 atom stereocenters. The molecule has 1 saturated heterocycles. The number of piperazine rings is 1. The zero-order valence-electron chi connectivity index (χ0n) is 17.4. The number of amides is 1. The van der Waals surface area contributed by atoms with Gasteiger partial charge in [0.1, 0.15) is 0 Å². The fourth-order valence-corrected chi connectivity index (χ4v) is 4.84. The van der Waals surface area contributed by atoms with Crippen LogP contribution >= 0.6 is 11.3 Å². The van der Waals surface area contributed by atoms with Crippen LogP contribution in [0, 0.1) is 25.2 Å². The third-order valence-corrected chi connectivity index (χ3v) is 6.94. The van der Waals surface area contributed by atoms with Gasteiger partial charge in [-0.15, -0.1) is 0 Å². The van der Waals surface area contributed by atoms with E-state index in [1.54, 1.807) is 35.6 Å². The van der Waals surface area contributed by atoms with Crippen molar-refractivity contribution in [2.45, 2.75) is 13.8 Å². The van der Waals surface area contributed by atoms with Gasteiger partial charge in [-0.25, -0.2) is 4.98 Å². The lowest BCUT2D eigenvalue weighted by Crippen LogP contribution is -3.15. The smallest absolute Gasteiger partial charge is 0.251 e. The second kappa shape index (κ2) is 8.82. The molecule has 0 aliphatic carbocycles. The van der Waals surface area contributed by atoms with Gasteiger partial charge in [-0.2, -0.15) is 5.26 Å². The number of thiazole rings is 1. The number of nitriles is 1. The molecule has 1 aromatic heterocycles. The van der Waals surface area contributed by atoms with Crippen LogP contribution in [0.5, 0.6) is 0 Å². The normalized spacial score (nSPS) is 14.6. The number of rotatable bonds is 5. The average Bonchev–Trinajstić information content (AvgIpc) is 3.22. The summed E-state index contributed by atoms with van der Waals surface area (Å²) in [6.45, 7) is 9.89. The van der Waals surface area contributed by atoms with Gasteiger partial charge in [0.15, 0.2) is 5.13 Å². The van der Waals surface area contributed by atoms with Gasteiger partial charge in [-0.3, -0.25) is 4.79 Å². The molecule has 6 nitrogen and oxygen atoms in total. The molecule has 0 bridgehead atoms. The van der Waals surface area contributed by atoms with E-state index in [9.17, 15) is 4.79 Å². The molecular formula is C23H26N5OS+. The number of nitrogens with one attached hydrogen (secondary N) is 2. The average molecular weight is 421 g/mol. The maximum Gasteiger partial charge on any atom is 0.251 e. The first kappa shape index (κ1) is 20.3. The molecule has 7 heteroatoms. The molecule has 1 amide bonds. The Balaban J connectivity index is 1.26. The largest absolute Gasteiger partial charge is 0.346 e. The molecule has 1 aliphatic heterocycles. The van der Waals surface area contributed by atoms with Crippen LogP contribution in [0.2, 0.25) is 0 Å². The van der Waals surface area contributed by atoms with Crippen molar-refractivity contribution in [1.29, 1.82) is 5.26 Å². The highest BCUT2D eigenvalue weighted by atomic mass is 32.1. The highest BCUT2D eigenvalue weighted by molar-refractivity contribution is 7.22. The van der Waals surface area contributed by atoms with Crippen LogP contribution in [-0.4, -0.2) is 50.2 Å². The zero-order chi connectivity index (χ0) is 21.1. The summed E-state index contributed by atoms with van der Waals surface area (Å²) in [5, 5.41) is 13.0. The number of anilines is 1. The molecule has 1 aliphatic rings. The minimum atomic E-state index is -0.0855. The van der Waals surface area contributed by atoms with Crippen LogP contribution in [0.3, 0.4) is 0 Å². The van der Waals surface area contributed by atoms with Gasteiger partial charge in [0.05, 0.1) is 61.1 Å². The standard InChI is InChI=1S/C23H25N5OS/c1-16-3-8-20-21(17(16)2)26-23(30-20)28-13-11-27(12-14-28)10-9-25-22(29)19-6-4-18(15-24)5-7-19/h3-8H,9-14H2,1-2H3,(H,25,29)/p+1. The van der Waals surface area contributed by atoms with E-state index < -0.39 is 0 Å². The lowest BCUT2D eigenvalue weighted by Gasteiger charge is -2.32. The summed E-state index contributed by atoms with van der Waals surface area (Å²) in [5.41, 5.74) is 4.85. The van der Waals surface area contributed by atoms with E-state index in [2.05, 4.69) is 42.3 Å². The van der Waals surface area contributed by atoms with E-state index in [-0.39, 0.29) is 5.91 Å². The van der Waals surface area contributed by atoms with Crippen LogP contribution < -0.4 is 15.1 Å². The van der Waals surface area contributed by atoms with Crippen molar-refractivity contribution in [2.75, 3.05) is 44.2 Å². The second-order valence-corrected chi connectivity index (χ2v) is 8.79. The SMILES string of the molecule is Cc1ccc2sc(N3CC[NH+](CCNC(=O)c4ccc(C#N)cc4)CC3)nc2c1C. The molecule has 30 heavy (non-hydrogen) atoms. The predicted octanol–water partition coefficient (Wildman–Crippen LogP) is 1.92. The van der Waals surface area contributed by atoms with Crippen molar-refractivity contribution < 1.29 is 9.69 Å². The fraction of sp³-hybridized carbons (Fsp3) is 0.348. The highest BCUT2D eigenvalue weighted by Crippen LogP contribution is 2.31. The van der Waals surface area contributed by atoms with Crippen molar-refractivity contribution in [2.24, 2.45) is 0 Å². The third-order valence-electron chi connectivity index (χ3n) is 5.85. The minimum Gasteiger partial charge on any atom is -0.346 e. The molecular weight excluding hydrogens is 394 g/mol. The van der Waals surface area contributed by atoms with Crippen molar-refractivity contribution in [3.63, 3.8) is 0 Å². The van der Waals surface area contributed by atoms with Crippen LogP contribution in [0.4, 0.5) is 5.13 Å². The molecule has 0 radical (unpaired) electrons. The summed E-state index contributed by atoms with van der Waals surface area (Å²) in [6, 6.07) is 13.1. The molecule has 2 heterocycles. The predicted molar refractivity (Wildman–Crippen MR) is 120 cm³/mol. The number of hydrogen-bond donors (Lipinski definition) is 2. The van der Waals surface area contributed by atoms with Crippen LogP contribution in [0.25, 0.3) is 10.2 Å². The Labute approximate surface area is 180 Å². The Morgan fingerprint density at radius 3 is 2.63 bits per heavy atom. The topological polar surface area (TPSA) is 73.5 Å². The molecule has 1 fully saturated rings. The molecule has 2 aromatic carbocycles. The van der Waals surface area contributed by atoms with Gasteiger partial charge >= 0.3 is 0 Å². The lowest BCUT2D eigenvalue weighted by molar-refractivity contribution is -0.899. The summed E-state index contributed by atoms with van der Waals surface area (Å²) in [6.07, 6.45) is 0. The van der Waals surface area contributed by atoms with Gasteiger partial charge in [-0.05, 0) is 55.3 Å². The quantitative estimate of drug-likeness (QED) is 0.662. The molecule has 4 rings (SSSR count). The van der Waals surface area contributed by atoms with Crippen molar-refractivity contribution in [3.8, 4) is 6.07 Å². The van der Waals surface area contributed by atoms with Crippen LogP contribution in [-0.2, 0) is 0 Å². The number of quaternary nitrogens is 1. The first-order chi connectivity index (χ1) is 14.5. The molecule has 0 spiro atoms. The van der Waals surface area contributed by atoms with Gasteiger partial charge in [-0.1, -0.05) is 17.4 Å². The number of aryl methyl sites for hydroxylation is 2. The van der Waals surface area contributed by atoms with Crippen molar-refractivity contribution in [3.05, 3.63) is 58.7 Å². The van der Waals surface area contributed by atoms with Gasteiger partial charge in [0.2, 0.25) is 0 Å². The van der Waals surface area contributed by atoms with Gasteiger partial charge in [0, 0.05) is 5.56 Å². The Morgan fingerprint density at radius 2 is 1.93 bits per heavy atom. The van der Waals surface area contributed by atoms with E-state index in [0.29, 0.717) is 17.7 Å². The molecule has 0 unspecified atom stereocenters. The first-order valence-corrected chi connectivity index (χ1v) is 11.1. The number of carbonyl (C=O) groups is 1. The van der Waals surface area contributed by atoms with E-state index in [1.165, 1.54) is 20.7 Å². The monoisotopic (exact) mass is 420 g/mol. The van der Waals surface area contributed by atoms with Crippen molar-refractivity contribution >= 4 is 32.6 Å². The lowest BCUT2D eigenvalue weighted by atomic mass is 10.1. The third kappa shape index (κ3) is 4.30. The molecule has 154 valence electrons. The molecule has 0 saturated carbocycles. The maximum atomic E-state index is 12.2. The number of hydrogen-bond acceptors (Lipinski definition) is 5. The van der Waals surface area contributed by atoms with Crippen molar-refractivity contribution in [1.82, 2.24) is 10.3 Å². The van der Waals surface area contributed by atoms with E-state index in [4.69, 9.17) is 10.2 Å². The summed E-state index contributed by atoms with van der Waals surface area (Å²) < 4.78 is 1.26. The summed E-state index contributed by atoms with van der Waals surface area (Å²) in [5.74, 6) is -0.0855. The van der Waals surface area contributed by atoms with E-state index in [0.717, 1.165) is 43.4 Å². The maximum absolute atomic E-state index is 12.2. The molecule has 3 aromatic rings. The van der Waals surface area contributed by atoms with Gasteiger partial charge < -0.3 is 15.1 Å². The zero-order valence-corrected chi connectivity index (χ0v) is 18.2. The number of fused-ring (bicyclic) bond motifs is 1. The first-order valence-electron chi connectivity index (χ1n) is 10.3. The van der Waals surface area contributed by atoms with Crippen LogP contribution in [0.15, 0.2) is 36.4 Å². The Bertz CT molecular complexity index is 1090. The summed E-state index contributed by atoms with van der Waals surface area (Å²) in [7, 11) is 0. The Morgan fingerprint density at radius 1 is 1.20 bits per heavy atom. The van der Waals surface area contributed by atoms with E-state index >= 15 is 0 Å². The number of aromatic nitrogens is 1. The number of benzene rings is 2. The number of carbonyl (C=O) groups excluding carboxylic acids is 1. The highest BCUT2D eigenvalue weighted by Gasteiger charge is 2.22. The fourth-order valence-electron chi connectivity index (χ4n) is 3.76. The molecule has 2 N–H and O–H groups in total. The summed E-state index contributed by atoms with van der Waals surface area (Å²) in [4.78, 5) is 21.0. The van der Waals surface area contributed by atoms with E-state index in [1.807, 2.05) is 0 Å². The second-order valence-electron chi connectivity index (χ2n) is 7.78. The van der Waals surface area contributed by atoms with Crippen LogP contribution in [0.1, 0.15) is 27.0 Å². The minimum absolute atomic E-state index is 0.0855. The Hall–Kier alpha value is -2.95. The van der Waals surface area contributed by atoms with Gasteiger partial charge in [0.25, 0.3) is 5.91 Å². The number of nitrogens with zero attached hydrogens (tertiary/aromatic N) is 3.